The number of alkyl halides is 3. The lowest BCUT2D eigenvalue weighted by molar-refractivity contribution is -0.140. The van der Waals surface area contributed by atoms with Crippen LogP contribution in [0.4, 0.5) is 18.9 Å². The van der Waals surface area contributed by atoms with E-state index in [9.17, 15) is 13.2 Å². The Bertz CT molecular complexity index is 688. The van der Waals surface area contributed by atoms with Gasteiger partial charge in [-0.2, -0.15) is 13.2 Å². The fourth-order valence-electron chi connectivity index (χ4n) is 3.09. The lowest BCUT2D eigenvalue weighted by atomic mass is 10.0. The lowest BCUT2D eigenvalue weighted by Crippen LogP contribution is -2.36. The fraction of sp³-hybridized carbons (Fsp3) is 0.500. The first-order valence-corrected chi connectivity index (χ1v) is 8.71. The van der Waals surface area contributed by atoms with Gasteiger partial charge in [-0.1, -0.05) is 6.07 Å². The zero-order chi connectivity index (χ0) is 16.6. The third-order valence-corrected chi connectivity index (χ3v) is 5.20. The van der Waals surface area contributed by atoms with E-state index in [4.69, 9.17) is 0 Å². The Balaban J connectivity index is 1.89. The highest BCUT2D eigenvalue weighted by Gasteiger charge is 2.29. The summed E-state index contributed by atoms with van der Waals surface area (Å²) in [5, 5.41) is 4.38. The molecule has 1 aliphatic rings. The number of anilines is 1. The van der Waals surface area contributed by atoms with E-state index in [2.05, 4.69) is 17.3 Å². The van der Waals surface area contributed by atoms with Crippen LogP contribution < -0.4 is 5.32 Å². The monoisotopic (exact) mass is 437 g/mol. The topological polar surface area (TPSA) is 20.2 Å². The Morgan fingerprint density at radius 2 is 1.96 bits per heavy atom. The molecule has 0 amide bonds. The number of fused-ring (bicyclic) bond motifs is 1. The van der Waals surface area contributed by atoms with Crippen molar-refractivity contribution in [2.24, 2.45) is 0 Å². The van der Waals surface area contributed by atoms with E-state index >= 15 is 0 Å². The molecular weight excluding hydrogens is 418 g/mol. The van der Waals surface area contributed by atoms with Crippen molar-refractivity contribution in [2.45, 2.75) is 31.6 Å². The van der Waals surface area contributed by atoms with Crippen LogP contribution in [-0.4, -0.2) is 41.8 Å². The number of aromatic nitrogens is 1. The molecule has 1 aliphatic heterocycles. The Morgan fingerprint density at radius 3 is 2.61 bits per heavy atom. The van der Waals surface area contributed by atoms with Crippen molar-refractivity contribution in [3.8, 4) is 0 Å². The SMILES string of the molecule is CN1CCC(Nc2cccc3c2cc(I)n3CC(F)(F)F)CC1. The zero-order valence-corrected chi connectivity index (χ0v) is 15.0. The summed E-state index contributed by atoms with van der Waals surface area (Å²) in [5.74, 6) is 0. The van der Waals surface area contributed by atoms with Gasteiger partial charge in [-0.25, -0.2) is 0 Å². The van der Waals surface area contributed by atoms with Crippen LogP contribution in [0.3, 0.4) is 0 Å². The maximum atomic E-state index is 12.8. The maximum Gasteiger partial charge on any atom is 0.406 e. The molecule has 2 heterocycles. The number of nitrogens with one attached hydrogen (secondary N) is 1. The van der Waals surface area contributed by atoms with Crippen molar-refractivity contribution in [3.05, 3.63) is 28.0 Å². The van der Waals surface area contributed by atoms with Gasteiger partial charge in [-0.15, -0.1) is 0 Å². The van der Waals surface area contributed by atoms with Crippen molar-refractivity contribution < 1.29 is 13.2 Å². The third kappa shape index (κ3) is 3.93. The normalized spacial score (nSPS) is 17.8. The second-order valence-corrected chi connectivity index (χ2v) is 7.23. The van der Waals surface area contributed by atoms with Gasteiger partial charge in [0.15, 0.2) is 0 Å². The first-order valence-electron chi connectivity index (χ1n) is 7.63. The summed E-state index contributed by atoms with van der Waals surface area (Å²) in [7, 11) is 2.11. The van der Waals surface area contributed by atoms with E-state index in [0.29, 0.717) is 15.3 Å². The number of piperidine rings is 1. The molecule has 1 fully saturated rings. The molecule has 0 unspecified atom stereocenters. The predicted octanol–water partition coefficient (Wildman–Crippen LogP) is 4.31. The molecular formula is C16H19F3IN3. The molecule has 1 N–H and O–H groups in total. The van der Waals surface area contributed by atoms with Gasteiger partial charge in [0, 0.05) is 17.1 Å². The highest BCUT2D eigenvalue weighted by atomic mass is 127. The third-order valence-electron chi connectivity index (χ3n) is 4.31. The van der Waals surface area contributed by atoms with Crippen LogP contribution in [0.1, 0.15) is 12.8 Å². The van der Waals surface area contributed by atoms with Crippen LogP contribution >= 0.6 is 22.6 Å². The molecule has 3 rings (SSSR count). The zero-order valence-electron chi connectivity index (χ0n) is 12.8. The van der Waals surface area contributed by atoms with E-state index in [-0.39, 0.29) is 0 Å². The molecule has 1 aromatic heterocycles. The number of likely N-dealkylation sites (tertiary alicyclic amines) is 1. The van der Waals surface area contributed by atoms with E-state index < -0.39 is 12.7 Å². The number of hydrogen-bond acceptors (Lipinski definition) is 2. The lowest BCUT2D eigenvalue weighted by Gasteiger charge is -2.30. The predicted molar refractivity (Wildman–Crippen MR) is 94.9 cm³/mol. The average Bonchev–Trinajstić information content (AvgIpc) is 2.77. The van der Waals surface area contributed by atoms with Crippen LogP contribution in [0.2, 0.25) is 0 Å². The van der Waals surface area contributed by atoms with Crippen molar-refractivity contribution in [1.82, 2.24) is 9.47 Å². The van der Waals surface area contributed by atoms with Crippen LogP contribution in [0, 0.1) is 3.70 Å². The summed E-state index contributed by atoms with van der Waals surface area (Å²) >= 11 is 1.97. The van der Waals surface area contributed by atoms with Crippen LogP contribution in [0.5, 0.6) is 0 Å². The highest BCUT2D eigenvalue weighted by Crippen LogP contribution is 2.31. The van der Waals surface area contributed by atoms with E-state index in [0.717, 1.165) is 37.0 Å². The fourth-order valence-corrected chi connectivity index (χ4v) is 3.83. The van der Waals surface area contributed by atoms with Gasteiger partial charge >= 0.3 is 6.18 Å². The summed E-state index contributed by atoms with van der Waals surface area (Å²) in [6.45, 7) is 1.13. The second kappa shape index (κ2) is 6.51. The van der Waals surface area contributed by atoms with Gasteiger partial charge in [0.1, 0.15) is 6.54 Å². The minimum absolute atomic E-state index is 0.375. The molecule has 23 heavy (non-hydrogen) atoms. The minimum atomic E-state index is -4.22. The Morgan fingerprint density at radius 1 is 1.26 bits per heavy atom. The first-order chi connectivity index (χ1) is 10.8. The molecule has 0 radical (unpaired) electrons. The van der Waals surface area contributed by atoms with Crippen molar-refractivity contribution >= 4 is 39.2 Å². The van der Waals surface area contributed by atoms with Gasteiger partial charge in [0.25, 0.3) is 0 Å². The van der Waals surface area contributed by atoms with E-state index in [1.807, 2.05) is 40.8 Å². The largest absolute Gasteiger partial charge is 0.406 e. The summed E-state index contributed by atoms with van der Waals surface area (Å²) in [6.07, 6.45) is -2.12. The van der Waals surface area contributed by atoms with Gasteiger partial charge in [0.05, 0.1) is 9.22 Å². The number of halogens is 4. The molecule has 126 valence electrons. The van der Waals surface area contributed by atoms with Crippen molar-refractivity contribution in [1.29, 1.82) is 0 Å². The molecule has 7 heteroatoms. The van der Waals surface area contributed by atoms with Gasteiger partial charge in [-0.05, 0) is 73.8 Å². The second-order valence-electron chi connectivity index (χ2n) is 6.13. The smallest absolute Gasteiger partial charge is 0.382 e. The Hall–Kier alpha value is -0.960. The maximum absolute atomic E-state index is 12.8. The molecule has 0 aliphatic carbocycles. The standard InChI is InChI=1S/C16H19F3IN3/c1-22-7-5-11(6-8-22)21-13-3-2-4-14-12(13)9-15(20)23(14)10-16(17,18)19/h2-4,9,11,21H,5-8,10H2,1H3. The van der Waals surface area contributed by atoms with E-state index in [1.165, 1.54) is 4.57 Å². The number of rotatable bonds is 3. The van der Waals surface area contributed by atoms with Crippen molar-refractivity contribution in [3.63, 3.8) is 0 Å². The van der Waals surface area contributed by atoms with Gasteiger partial charge in [-0.3, -0.25) is 0 Å². The molecule has 2 aromatic rings. The van der Waals surface area contributed by atoms with Crippen LogP contribution in [0.25, 0.3) is 10.9 Å². The number of nitrogens with zero attached hydrogens (tertiary/aromatic N) is 2. The molecule has 0 saturated carbocycles. The molecule has 1 saturated heterocycles. The van der Waals surface area contributed by atoms with E-state index in [1.54, 1.807) is 6.07 Å². The molecule has 0 atom stereocenters. The molecule has 0 bridgehead atoms. The van der Waals surface area contributed by atoms with Gasteiger partial charge < -0.3 is 14.8 Å². The Kier molecular flexibility index (Phi) is 4.78. The highest BCUT2D eigenvalue weighted by molar-refractivity contribution is 14.1. The minimum Gasteiger partial charge on any atom is -0.382 e. The summed E-state index contributed by atoms with van der Waals surface area (Å²) in [6, 6.07) is 7.74. The van der Waals surface area contributed by atoms with Crippen LogP contribution in [-0.2, 0) is 6.54 Å². The molecule has 1 aromatic carbocycles. The first kappa shape index (κ1) is 16.9. The number of hydrogen-bond donors (Lipinski definition) is 1. The molecule has 0 spiro atoms. The van der Waals surface area contributed by atoms with Crippen LogP contribution in [0.15, 0.2) is 24.3 Å². The Labute approximate surface area is 147 Å². The summed E-state index contributed by atoms with van der Waals surface area (Å²) < 4.78 is 40.3. The van der Waals surface area contributed by atoms with Crippen molar-refractivity contribution in [2.75, 3.05) is 25.5 Å². The average molecular weight is 437 g/mol. The van der Waals surface area contributed by atoms with Gasteiger partial charge in [0.2, 0.25) is 0 Å². The summed E-state index contributed by atoms with van der Waals surface area (Å²) in [4.78, 5) is 2.29. The molecule has 3 nitrogen and oxygen atoms in total. The quantitative estimate of drug-likeness (QED) is 0.723. The summed E-state index contributed by atoms with van der Waals surface area (Å²) in [5.41, 5.74) is 1.56. The number of benzene rings is 1.